The molecular formula is C8H9BrFNO. The zero-order valence-electron chi connectivity index (χ0n) is 6.30. The maximum absolute atomic E-state index is 12.1. The van der Waals surface area contributed by atoms with Gasteiger partial charge in [-0.15, -0.1) is 0 Å². The molecule has 0 spiro atoms. The van der Waals surface area contributed by atoms with E-state index < -0.39 is 12.7 Å². The van der Waals surface area contributed by atoms with Gasteiger partial charge in [0.15, 0.2) is 0 Å². The summed E-state index contributed by atoms with van der Waals surface area (Å²) in [5.74, 6) is 0.129. The molecule has 0 bridgehead atoms. The molecule has 0 radical (unpaired) electrons. The van der Waals surface area contributed by atoms with Gasteiger partial charge >= 0.3 is 0 Å². The molecule has 1 aromatic rings. The van der Waals surface area contributed by atoms with Gasteiger partial charge in [-0.2, -0.15) is 0 Å². The van der Waals surface area contributed by atoms with Gasteiger partial charge in [0, 0.05) is 0 Å². The number of halogens is 2. The maximum atomic E-state index is 12.1. The van der Waals surface area contributed by atoms with Crippen LogP contribution in [0, 0.1) is 0 Å². The fraction of sp³-hybridized carbons (Fsp3) is 0.250. The highest BCUT2D eigenvalue weighted by atomic mass is 79.9. The monoisotopic (exact) mass is 233 g/mol. The predicted molar refractivity (Wildman–Crippen MR) is 48.7 cm³/mol. The summed E-state index contributed by atoms with van der Waals surface area (Å²) in [4.78, 5) is 0. The van der Waals surface area contributed by atoms with Crippen molar-refractivity contribution in [3.63, 3.8) is 0 Å². The molecule has 4 heteroatoms. The number of phenols is 1. The van der Waals surface area contributed by atoms with E-state index in [9.17, 15) is 4.39 Å². The van der Waals surface area contributed by atoms with Crippen molar-refractivity contribution in [2.24, 2.45) is 5.73 Å². The first kappa shape index (κ1) is 9.48. The Labute approximate surface area is 78.3 Å². The van der Waals surface area contributed by atoms with Gasteiger partial charge in [-0.05, 0) is 33.6 Å². The van der Waals surface area contributed by atoms with E-state index in [2.05, 4.69) is 15.9 Å². The van der Waals surface area contributed by atoms with Crippen molar-refractivity contribution < 1.29 is 9.50 Å². The average Bonchev–Trinajstić information content (AvgIpc) is 2.08. The fourth-order valence-electron chi connectivity index (χ4n) is 0.843. The van der Waals surface area contributed by atoms with Crippen LogP contribution in [0.1, 0.15) is 11.6 Å². The molecule has 0 aliphatic carbocycles. The van der Waals surface area contributed by atoms with Crippen LogP contribution < -0.4 is 5.73 Å². The summed E-state index contributed by atoms with van der Waals surface area (Å²) in [5, 5.41) is 9.12. The summed E-state index contributed by atoms with van der Waals surface area (Å²) in [6.07, 6.45) is 0. The Morgan fingerprint density at radius 1 is 1.58 bits per heavy atom. The SMILES string of the molecule is N[C@@H](CF)c1ccc(O)c(Br)c1. The average molecular weight is 234 g/mol. The smallest absolute Gasteiger partial charge is 0.129 e. The highest BCUT2D eigenvalue weighted by Gasteiger charge is 2.06. The third kappa shape index (κ3) is 1.95. The minimum Gasteiger partial charge on any atom is -0.507 e. The van der Waals surface area contributed by atoms with Crippen molar-refractivity contribution in [3.05, 3.63) is 28.2 Å². The fourth-order valence-corrected chi connectivity index (χ4v) is 1.24. The lowest BCUT2D eigenvalue weighted by Crippen LogP contribution is -2.11. The number of nitrogens with two attached hydrogens (primary N) is 1. The van der Waals surface area contributed by atoms with Crippen LogP contribution in [-0.4, -0.2) is 11.8 Å². The van der Waals surface area contributed by atoms with E-state index in [0.717, 1.165) is 0 Å². The summed E-state index contributed by atoms with van der Waals surface area (Å²) in [7, 11) is 0. The molecule has 2 nitrogen and oxygen atoms in total. The molecule has 12 heavy (non-hydrogen) atoms. The second-order valence-corrected chi connectivity index (χ2v) is 3.33. The van der Waals surface area contributed by atoms with Crippen molar-refractivity contribution in [2.75, 3.05) is 6.67 Å². The van der Waals surface area contributed by atoms with Gasteiger partial charge in [0.05, 0.1) is 10.5 Å². The van der Waals surface area contributed by atoms with Crippen molar-refractivity contribution in [1.82, 2.24) is 0 Å². The molecule has 1 rings (SSSR count). The predicted octanol–water partition coefficient (Wildman–Crippen LogP) is 2.12. The van der Waals surface area contributed by atoms with E-state index in [0.29, 0.717) is 10.0 Å². The Balaban J connectivity index is 2.96. The quantitative estimate of drug-likeness (QED) is 0.823. The number of phenolic OH excluding ortho intramolecular Hbond substituents is 1. The van der Waals surface area contributed by atoms with Gasteiger partial charge in [0.1, 0.15) is 12.4 Å². The summed E-state index contributed by atoms with van der Waals surface area (Å²) in [6, 6.07) is 4.08. The van der Waals surface area contributed by atoms with E-state index in [4.69, 9.17) is 10.8 Å². The molecule has 1 atom stereocenters. The lowest BCUT2D eigenvalue weighted by molar-refractivity contribution is 0.435. The third-order valence-electron chi connectivity index (χ3n) is 1.57. The van der Waals surface area contributed by atoms with Crippen LogP contribution in [0.15, 0.2) is 22.7 Å². The minimum absolute atomic E-state index is 0.129. The number of rotatable bonds is 2. The van der Waals surface area contributed by atoms with Crippen LogP contribution >= 0.6 is 15.9 Å². The van der Waals surface area contributed by atoms with Gasteiger partial charge in [-0.1, -0.05) is 6.07 Å². The molecule has 0 heterocycles. The Morgan fingerprint density at radius 2 is 2.25 bits per heavy atom. The molecule has 0 amide bonds. The van der Waals surface area contributed by atoms with E-state index in [1.165, 1.54) is 6.07 Å². The Kier molecular flexibility index (Phi) is 3.05. The highest BCUT2D eigenvalue weighted by Crippen LogP contribution is 2.26. The van der Waals surface area contributed by atoms with Crippen LogP contribution in [0.3, 0.4) is 0 Å². The van der Waals surface area contributed by atoms with E-state index in [-0.39, 0.29) is 5.75 Å². The molecule has 0 aromatic heterocycles. The van der Waals surface area contributed by atoms with Crippen LogP contribution in [0.4, 0.5) is 4.39 Å². The third-order valence-corrected chi connectivity index (χ3v) is 2.20. The summed E-state index contributed by atoms with van der Waals surface area (Å²) in [5.41, 5.74) is 6.10. The van der Waals surface area contributed by atoms with E-state index in [1.807, 2.05) is 0 Å². The summed E-state index contributed by atoms with van der Waals surface area (Å²) < 4.78 is 12.6. The summed E-state index contributed by atoms with van der Waals surface area (Å²) in [6.45, 7) is -0.600. The molecule has 0 saturated carbocycles. The van der Waals surface area contributed by atoms with Gasteiger partial charge < -0.3 is 10.8 Å². The standard InChI is InChI=1S/C8H9BrFNO/c9-6-3-5(7(11)4-10)1-2-8(6)12/h1-3,7,12H,4,11H2/t7-/m0/s1. The molecule has 0 aliphatic rings. The molecule has 3 N–H and O–H groups in total. The lowest BCUT2D eigenvalue weighted by atomic mass is 10.1. The first-order chi connectivity index (χ1) is 5.65. The number of hydrogen-bond donors (Lipinski definition) is 2. The lowest BCUT2D eigenvalue weighted by Gasteiger charge is -2.07. The molecule has 0 aliphatic heterocycles. The Morgan fingerprint density at radius 3 is 2.75 bits per heavy atom. The highest BCUT2D eigenvalue weighted by molar-refractivity contribution is 9.10. The molecule has 66 valence electrons. The number of aromatic hydroxyl groups is 1. The van der Waals surface area contributed by atoms with Crippen molar-refractivity contribution >= 4 is 15.9 Å². The normalized spacial score (nSPS) is 12.9. The van der Waals surface area contributed by atoms with Gasteiger partial charge in [0.25, 0.3) is 0 Å². The first-order valence-electron chi connectivity index (χ1n) is 3.45. The van der Waals surface area contributed by atoms with Crippen molar-refractivity contribution in [3.8, 4) is 5.75 Å². The van der Waals surface area contributed by atoms with Crippen LogP contribution in [0.2, 0.25) is 0 Å². The second-order valence-electron chi connectivity index (χ2n) is 2.47. The molecular weight excluding hydrogens is 225 g/mol. The second kappa shape index (κ2) is 3.87. The van der Waals surface area contributed by atoms with Gasteiger partial charge in [0.2, 0.25) is 0 Å². The van der Waals surface area contributed by atoms with Gasteiger partial charge in [-0.25, -0.2) is 4.39 Å². The molecule has 0 saturated heterocycles. The number of benzene rings is 1. The number of alkyl halides is 1. The minimum atomic E-state index is -0.609. The van der Waals surface area contributed by atoms with Crippen LogP contribution in [-0.2, 0) is 0 Å². The van der Waals surface area contributed by atoms with Crippen molar-refractivity contribution in [1.29, 1.82) is 0 Å². The van der Waals surface area contributed by atoms with Crippen LogP contribution in [0.25, 0.3) is 0 Å². The van der Waals surface area contributed by atoms with Crippen molar-refractivity contribution in [2.45, 2.75) is 6.04 Å². The first-order valence-corrected chi connectivity index (χ1v) is 4.24. The Hall–Kier alpha value is -0.610. The maximum Gasteiger partial charge on any atom is 0.129 e. The van der Waals surface area contributed by atoms with E-state index in [1.54, 1.807) is 12.1 Å². The topological polar surface area (TPSA) is 46.2 Å². The molecule has 0 unspecified atom stereocenters. The zero-order chi connectivity index (χ0) is 9.14. The largest absolute Gasteiger partial charge is 0.507 e. The van der Waals surface area contributed by atoms with Crippen LogP contribution in [0.5, 0.6) is 5.75 Å². The molecule has 1 aromatic carbocycles. The van der Waals surface area contributed by atoms with E-state index >= 15 is 0 Å². The summed E-state index contributed by atoms with van der Waals surface area (Å²) >= 11 is 3.12. The zero-order valence-corrected chi connectivity index (χ0v) is 7.88. The number of hydrogen-bond acceptors (Lipinski definition) is 2. The Bertz CT molecular complexity index is 280. The van der Waals surface area contributed by atoms with Gasteiger partial charge in [-0.3, -0.25) is 0 Å². The molecule has 0 fully saturated rings.